The molecule has 18 heavy (non-hydrogen) atoms. The van der Waals surface area contributed by atoms with Crippen LogP contribution in [0.4, 0.5) is 0 Å². The van der Waals surface area contributed by atoms with Crippen molar-refractivity contribution in [2.75, 3.05) is 0 Å². The number of esters is 1. The van der Waals surface area contributed by atoms with Crippen LogP contribution in [-0.2, 0) is 4.74 Å². The molecule has 3 heteroatoms. The molecule has 0 unspecified atom stereocenters. The topological polar surface area (TPSA) is 26.3 Å². The second-order valence-corrected chi connectivity index (χ2v) is 6.24. The number of carbonyl (C=O) groups is 1. The monoisotopic (exact) mass is 308 g/mol. The van der Waals surface area contributed by atoms with E-state index in [2.05, 4.69) is 15.9 Å². The van der Waals surface area contributed by atoms with E-state index in [0.29, 0.717) is 11.5 Å². The maximum atomic E-state index is 12.0. The molecule has 1 aromatic carbocycles. The predicted molar refractivity (Wildman–Crippen MR) is 73.9 cm³/mol. The fourth-order valence-electron chi connectivity index (χ4n) is 3.15. The molecule has 3 rings (SSSR count). The standard InChI is InChI=1S/C15H17BrO2/c16-13-11-8-4-5-9-12(11)15(17)18-14(13)10-6-2-1-3-7-10/h4-5,8-10,13-14H,1-3,6-7H2/t13-,14+/m1/s1. The number of benzene rings is 1. The van der Waals surface area contributed by atoms with Gasteiger partial charge in [-0.2, -0.15) is 0 Å². The van der Waals surface area contributed by atoms with Crippen molar-refractivity contribution >= 4 is 21.9 Å². The Bertz CT molecular complexity index is 452. The highest BCUT2D eigenvalue weighted by molar-refractivity contribution is 9.09. The summed E-state index contributed by atoms with van der Waals surface area (Å²) < 4.78 is 5.68. The normalized spacial score (nSPS) is 28.6. The average molecular weight is 309 g/mol. The van der Waals surface area contributed by atoms with E-state index in [9.17, 15) is 4.79 Å². The lowest BCUT2D eigenvalue weighted by Crippen LogP contribution is -2.36. The third-order valence-electron chi connectivity index (χ3n) is 4.12. The zero-order valence-electron chi connectivity index (χ0n) is 10.3. The summed E-state index contributed by atoms with van der Waals surface area (Å²) in [5.74, 6) is 0.359. The van der Waals surface area contributed by atoms with Crippen molar-refractivity contribution in [2.45, 2.75) is 43.0 Å². The summed E-state index contributed by atoms with van der Waals surface area (Å²) in [4.78, 5) is 12.2. The largest absolute Gasteiger partial charge is 0.457 e. The van der Waals surface area contributed by atoms with Gasteiger partial charge < -0.3 is 4.74 Å². The van der Waals surface area contributed by atoms with Crippen LogP contribution in [-0.4, -0.2) is 12.1 Å². The van der Waals surface area contributed by atoms with Crippen LogP contribution in [0.1, 0.15) is 52.9 Å². The molecular weight excluding hydrogens is 292 g/mol. The Morgan fingerprint density at radius 1 is 1.11 bits per heavy atom. The molecule has 0 radical (unpaired) electrons. The van der Waals surface area contributed by atoms with Crippen LogP contribution in [0.3, 0.4) is 0 Å². The van der Waals surface area contributed by atoms with Crippen molar-refractivity contribution in [1.82, 2.24) is 0 Å². The number of hydrogen-bond acceptors (Lipinski definition) is 2. The van der Waals surface area contributed by atoms with Gasteiger partial charge in [-0.25, -0.2) is 4.79 Å². The number of cyclic esters (lactones) is 1. The van der Waals surface area contributed by atoms with Crippen LogP contribution in [0.5, 0.6) is 0 Å². The van der Waals surface area contributed by atoms with Gasteiger partial charge >= 0.3 is 5.97 Å². The third-order valence-corrected chi connectivity index (χ3v) is 5.14. The van der Waals surface area contributed by atoms with Crippen LogP contribution in [0, 0.1) is 5.92 Å². The van der Waals surface area contributed by atoms with Gasteiger partial charge in [0.15, 0.2) is 0 Å². The van der Waals surface area contributed by atoms with Crippen molar-refractivity contribution in [3.05, 3.63) is 35.4 Å². The van der Waals surface area contributed by atoms with E-state index in [0.717, 1.165) is 5.56 Å². The highest BCUT2D eigenvalue weighted by Gasteiger charge is 2.38. The molecule has 1 heterocycles. The Morgan fingerprint density at radius 2 is 1.83 bits per heavy atom. The van der Waals surface area contributed by atoms with Gasteiger partial charge in [0.1, 0.15) is 6.10 Å². The Hall–Kier alpha value is -0.830. The Kier molecular flexibility index (Phi) is 3.42. The summed E-state index contributed by atoms with van der Waals surface area (Å²) in [6.07, 6.45) is 6.22. The predicted octanol–water partition coefficient (Wildman–Crippen LogP) is 4.24. The van der Waals surface area contributed by atoms with E-state index in [1.54, 1.807) is 0 Å². The fraction of sp³-hybridized carbons (Fsp3) is 0.533. The summed E-state index contributed by atoms with van der Waals surface area (Å²) >= 11 is 3.74. The Labute approximate surface area is 116 Å². The van der Waals surface area contributed by atoms with Crippen molar-refractivity contribution in [2.24, 2.45) is 5.92 Å². The molecule has 0 bridgehead atoms. The first kappa shape index (κ1) is 12.2. The SMILES string of the molecule is O=C1O[C@@H](C2CCCCC2)[C@H](Br)c2ccccc21. The summed E-state index contributed by atoms with van der Waals surface area (Å²) in [7, 11) is 0. The zero-order valence-corrected chi connectivity index (χ0v) is 11.9. The maximum Gasteiger partial charge on any atom is 0.338 e. The van der Waals surface area contributed by atoms with Crippen LogP contribution in [0.25, 0.3) is 0 Å². The lowest BCUT2D eigenvalue weighted by atomic mass is 9.81. The lowest BCUT2D eigenvalue weighted by molar-refractivity contribution is 0.00228. The first-order valence-electron chi connectivity index (χ1n) is 6.71. The van der Waals surface area contributed by atoms with Gasteiger partial charge in [-0.15, -0.1) is 0 Å². The average Bonchev–Trinajstić information content (AvgIpc) is 2.44. The van der Waals surface area contributed by atoms with Crippen LogP contribution in [0.15, 0.2) is 24.3 Å². The second-order valence-electron chi connectivity index (χ2n) is 5.26. The molecule has 96 valence electrons. The maximum absolute atomic E-state index is 12.0. The summed E-state index contributed by atoms with van der Waals surface area (Å²) in [6.45, 7) is 0. The molecule has 0 spiro atoms. The molecule has 0 saturated heterocycles. The van der Waals surface area contributed by atoms with Gasteiger partial charge in [-0.1, -0.05) is 53.4 Å². The first-order valence-corrected chi connectivity index (χ1v) is 7.63. The van der Waals surface area contributed by atoms with Crippen LogP contribution in [0.2, 0.25) is 0 Å². The van der Waals surface area contributed by atoms with Crippen LogP contribution >= 0.6 is 15.9 Å². The fourth-order valence-corrected chi connectivity index (χ4v) is 4.08. The first-order chi connectivity index (χ1) is 8.77. The Morgan fingerprint density at radius 3 is 2.61 bits per heavy atom. The molecule has 2 atom stereocenters. The molecule has 2 aliphatic rings. The number of fused-ring (bicyclic) bond motifs is 1. The molecule has 1 aromatic rings. The number of rotatable bonds is 1. The summed E-state index contributed by atoms with van der Waals surface area (Å²) in [5, 5.41) is 0. The minimum atomic E-state index is -0.156. The minimum absolute atomic E-state index is 0.00713. The smallest absolute Gasteiger partial charge is 0.338 e. The van der Waals surface area contributed by atoms with Gasteiger partial charge in [0, 0.05) is 0 Å². The van der Waals surface area contributed by atoms with Crippen molar-refractivity contribution in [3.63, 3.8) is 0 Å². The highest BCUT2D eigenvalue weighted by atomic mass is 79.9. The number of carbonyl (C=O) groups excluding carboxylic acids is 1. The molecule has 2 nitrogen and oxygen atoms in total. The molecule has 1 aliphatic heterocycles. The highest BCUT2D eigenvalue weighted by Crippen LogP contribution is 2.42. The second kappa shape index (κ2) is 5.04. The molecule has 1 aliphatic carbocycles. The van der Waals surface area contributed by atoms with Gasteiger partial charge in [0.2, 0.25) is 0 Å². The summed E-state index contributed by atoms with van der Waals surface area (Å²) in [5.41, 5.74) is 1.80. The molecule has 1 saturated carbocycles. The number of ether oxygens (including phenoxy) is 1. The van der Waals surface area contributed by atoms with Crippen molar-refractivity contribution < 1.29 is 9.53 Å². The third kappa shape index (κ3) is 2.09. The number of alkyl halides is 1. The van der Waals surface area contributed by atoms with Crippen molar-refractivity contribution in [3.8, 4) is 0 Å². The molecule has 0 N–H and O–H groups in total. The molecule has 0 aromatic heterocycles. The van der Waals surface area contributed by atoms with E-state index >= 15 is 0 Å². The van der Waals surface area contributed by atoms with Gasteiger partial charge in [-0.3, -0.25) is 0 Å². The van der Waals surface area contributed by atoms with Crippen LogP contribution < -0.4 is 0 Å². The van der Waals surface area contributed by atoms with Gasteiger partial charge in [0.25, 0.3) is 0 Å². The van der Waals surface area contributed by atoms with E-state index in [4.69, 9.17) is 4.74 Å². The summed E-state index contributed by atoms with van der Waals surface area (Å²) in [6, 6.07) is 7.76. The van der Waals surface area contributed by atoms with Gasteiger partial charge in [-0.05, 0) is 30.4 Å². The Balaban J connectivity index is 1.89. The van der Waals surface area contributed by atoms with Crippen molar-refractivity contribution in [1.29, 1.82) is 0 Å². The quantitative estimate of drug-likeness (QED) is 0.573. The van der Waals surface area contributed by atoms with E-state index in [-0.39, 0.29) is 16.9 Å². The molecular formula is C15H17BrO2. The lowest BCUT2D eigenvalue weighted by Gasteiger charge is -2.36. The number of hydrogen-bond donors (Lipinski definition) is 0. The van der Waals surface area contributed by atoms with E-state index < -0.39 is 0 Å². The van der Waals surface area contributed by atoms with E-state index in [1.165, 1.54) is 32.1 Å². The molecule has 1 fully saturated rings. The van der Waals surface area contributed by atoms with Gasteiger partial charge in [0.05, 0.1) is 10.4 Å². The number of halogens is 1. The van der Waals surface area contributed by atoms with E-state index in [1.807, 2.05) is 24.3 Å². The molecule has 0 amide bonds. The minimum Gasteiger partial charge on any atom is -0.457 e. The zero-order chi connectivity index (χ0) is 12.5.